The molecule has 126 valence electrons. The van der Waals surface area contributed by atoms with E-state index in [0.29, 0.717) is 27.9 Å². The van der Waals surface area contributed by atoms with Crippen molar-refractivity contribution < 1.29 is 9.59 Å². The van der Waals surface area contributed by atoms with Gasteiger partial charge < -0.3 is 4.90 Å². The molecule has 2 amide bonds. The maximum atomic E-state index is 13.0. The van der Waals surface area contributed by atoms with Gasteiger partial charge in [-0.3, -0.25) is 14.5 Å². The van der Waals surface area contributed by atoms with Crippen molar-refractivity contribution in [2.24, 2.45) is 0 Å². The zero-order valence-corrected chi connectivity index (χ0v) is 15.5. The Morgan fingerprint density at radius 3 is 2.46 bits per heavy atom. The molecule has 3 rings (SSSR count). The third-order valence-electron chi connectivity index (χ3n) is 4.18. The highest BCUT2D eigenvalue weighted by molar-refractivity contribution is 8.26. The van der Waals surface area contributed by atoms with E-state index < -0.39 is 0 Å². The third-order valence-corrected chi connectivity index (χ3v) is 5.63. The molecule has 1 aromatic carbocycles. The van der Waals surface area contributed by atoms with Crippen molar-refractivity contribution in [1.82, 2.24) is 4.90 Å². The van der Waals surface area contributed by atoms with Crippen molar-refractivity contribution in [3.05, 3.63) is 34.7 Å². The quantitative estimate of drug-likeness (QED) is 0.591. The van der Waals surface area contributed by atoms with E-state index in [1.165, 1.54) is 11.8 Å². The van der Waals surface area contributed by atoms with Crippen LogP contribution in [0.15, 0.2) is 29.2 Å². The molecule has 0 unspecified atom stereocenters. The zero-order valence-electron chi connectivity index (χ0n) is 13.9. The summed E-state index contributed by atoms with van der Waals surface area (Å²) < 4.78 is 0.543. The zero-order chi connectivity index (χ0) is 17.3. The Balaban J connectivity index is 2.06. The normalized spacial score (nSPS) is 20.3. The number of hydrogen-bond donors (Lipinski definition) is 0. The van der Waals surface area contributed by atoms with Crippen LogP contribution in [0.1, 0.15) is 38.7 Å². The molecule has 1 fully saturated rings. The second kappa shape index (κ2) is 7.07. The summed E-state index contributed by atoms with van der Waals surface area (Å²) in [5.74, 6) is -0.219. The van der Waals surface area contributed by atoms with Crippen molar-refractivity contribution in [3.63, 3.8) is 0 Å². The number of rotatable bonds is 5. The second-order valence-corrected chi connectivity index (χ2v) is 7.50. The topological polar surface area (TPSA) is 40.6 Å². The first-order valence-corrected chi connectivity index (χ1v) is 9.51. The van der Waals surface area contributed by atoms with Gasteiger partial charge in [-0.2, -0.15) is 0 Å². The van der Waals surface area contributed by atoms with Crippen LogP contribution in [-0.2, 0) is 9.59 Å². The minimum atomic E-state index is -0.137. The summed E-state index contributed by atoms with van der Waals surface area (Å²) in [5, 5.41) is 0. The number of para-hydroxylation sites is 1. The lowest BCUT2D eigenvalue weighted by atomic mass is 10.1. The average Bonchev–Trinajstić information content (AvgIpc) is 3.01. The molecular weight excluding hydrogens is 340 g/mol. The van der Waals surface area contributed by atoms with Crippen LogP contribution in [0.25, 0.3) is 5.57 Å². The van der Waals surface area contributed by atoms with E-state index in [1.54, 1.807) is 9.80 Å². The number of benzene rings is 1. The monoisotopic (exact) mass is 360 g/mol. The predicted molar refractivity (Wildman–Crippen MR) is 103 cm³/mol. The number of amides is 2. The summed E-state index contributed by atoms with van der Waals surface area (Å²) in [4.78, 5) is 29.6. The van der Waals surface area contributed by atoms with Crippen LogP contribution >= 0.6 is 24.0 Å². The van der Waals surface area contributed by atoms with Gasteiger partial charge in [-0.05, 0) is 18.9 Å². The van der Waals surface area contributed by atoms with Gasteiger partial charge in [-0.15, -0.1) is 0 Å². The summed E-state index contributed by atoms with van der Waals surface area (Å²) in [6.45, 7) is 5.37. The minimum Gasteiger partial charge on any atom is -0.308 e. The molecule has 2 aliphatic heterocycles. The van der Waals surface area contributed by atoms with E-state index >= 15 is 0 Å². The van der Waals surface area contributed by atoms with Gasteiger partial charge >= 0.3 is 0 Å². The molecule has 2 heterocycles. The van der Waals surface area contributed by atoms with E-state index in [2.05, 4.69) is 6.92 Å². The largest absolute Gasteiger partial charge is 0.308 e. The van der Waals surface area contributed by atoms with Crippen molar-refractivity contribution >= 4 is 51.4 Å². The molecule has 6 heteroatoms. The molecule has 1 saturated heterocycles. The molecule has 2 aliphatic rings. The van der Waals surface area contributed by atoms with E-state index in [-0.39, 0.29) is 11.8 Å². The lowest BCUT2D eigenvalue weighted by molar-refractivity contribution is -0.122. The molecule has 0 N–H and O–H groups in total. The summed E-state index contributed by atoms with van der Waals surface area (Å²) in [7, 11) is 0. The number of anilines is 1. The summed E-state index contributed by atoms with van der Waals surface area (Å²) in [6.07, 6.45) is 2.78. The molecule has 24 heavy (non-hydrogen) atoms. The number of fused-ring (bicyclic) bond motifs is 1. The number of hydrogen-bond acceptors (Lipinski definition) is 4. The fraction of sp³-hybridized carbons (Fsp3) is 0.389. The summed E-state index contributed by atoms with van der Waals surface area (Å²) in [5.41, 5.74) is 2.25. The molecule has 1 aromatic rings. The van der Waals surface area contributed by atoms with E-state index in [4.69, 9.17) is 12.2 Å². The SMILES string of the molecule is CCCCN1C(=O)C(=C2SC(=S)N(CCC)C2=O)c2ccccc21. The molecular formula is C18H20N2O2S2. The first kappa shape index (κ1) is 17.2. The van der Waals surface area contributed by atoms with Crippen LogP contribution in [0.5, 0.6) is 0 Å². The molecule has 4 nitrogen and oxygen atoms in total. The fourth-order valence-corrected chi connectivity index (χ4v) is 4.38. The summed E-state index contributed by atoms with van der Waals surface area (Å²) >= 11 is 6.59. The first-order valence-electron chi connectivity index (χ1n) is 8.29. The molecule has 0 radical (unpaired) electrons. The van der Waals surface area contributed by atoms with Crippen LogP contribution in [-0.4, -0.2) is 34.1 Å². The Bertz CT molecular complexity index is 742. The van der Waals surface area contributed by atoms with Crippen LogP contribution in [0.2, 0.25) is 0 Å². The maximum absolute atomic E-state index is 13.0. The molecule has 0 aromatic heterocycles. The van der Waals surface area contributed by atoms with Gasteiger partial charge in [0.1, 0.15) is 4.32 Å². The highest BCUT2D eigenvalue weighted by atomic mass is 32.2. The molecule has 0 spiro atoms. The van der Waals surface area contributed by atoms with Crippen LogP contribution in [0, 0.1) is 0 Å². The number of carbonyl (C=O) groups is 2. The molecule has 0 bridgehead atoms. The Kier molecular flexibility index (Phi) is 5.06. The van der Waals surface area contributed by atoms with Crippen LogP contribution in [0.4, 0.5) is 5.69 Å². The van der Waals surface area contributed by atoms with Gasteiger partial charge in [0.2, 0.25) is 0 Å². The average molecular weight is 361 g/mol. The highest BCUT2D eigenvalue weighted by Gasteiger charge is 2.41. The molecule has 0 saturated carbocycles. The van der Waals surface area contributed by atoms with Crippen molar-refractivity contribution in [1.29, 1.82) is 0 Å². The number of carbonyl (C=O) groups excluding carboxylic acids is 2. The third kappa shape index (κ3) is 2.78. The van der Waals surface area contributed by atoms with Gasteiger partial charge in [-0.1, -0.05) is 62.4 Å². The van der Waals surface area contributed by atoms with Crippen molar-refractivity contribution in [3.8, 4) is 0 Å². The standard InChI is InChI=1S/C18H20N2O2S2/c1-3-5-11-19-13-9-7-6-8-12(13)14(16(19)21)15-17(22)20(10-4-2)18(23)24-15/h6-9H,3-5,10-11H2,1-2H3. The maximum Gasteiger partial charge on any atom is 0.267 e. The van der Waals surface area contributed by atoms with Gasteiger partial charge in [-0.25, -0.2) is 0 Å². The Labute approximate surface area is 151 Å². The van der Waals surface area contributed by atoms with Gasteiger partial charge in [0, 0.05) is 18.7 Å². The van der Waals surface area contributed by atoms with Crippen LogP contribution in [0.3, 0.4) is 0 Å². The Morgan fingerprint density at radius 2 is 1.75 bits per heavy atom. The number of thiocarbonyl (C=S) groups is 1. The Hall–Kier alpha value is -1.66. The van der Waals surface area contributed by atoms with Gasteiger partial charge in [0.15, 0.2) is 0 Å². The van der Waals surface area contributed by atoms with E-state index in [1.807, 2.05) is 31.2 Å². The first-order chi connectivity index (χ1) is 11.6. The van der Waals surface area contributed by atoms with E-state index in [0.717, 1.165) is 30.5 Å². The smallest absolute Gasteiger partial charge is 0.267 e. The highest BCUT2D eigenvalue weighted by Crippen LogP contribution is 2.44. The lowest BCUT2D eigenvalue weighted by Crippen LogP contribution is -2.30. The fourth-order valence-electron chi connectivity index (χ4n) is 3.00. The molecule has 0 atom stereocenters. The lowest BCUT2D eigenvalue weighted by Gasteiger charge is -2.16. The van der Waals surface area contributed by atoms with Gasteiger partial charge in [0.25, 0.3) is 11.8 Å². The number of unbranched alkanes of at least 4 members (excludes halogenated alkanes) is 1. The van der Waals surface area contributed by atoms with E-state index in [9.17, 15) is 9.59 Å². The van der Waals surface area contributed by atoms with Crippen molar-refractivity contribution in [2.75, 3.05) is 18.0 Å². The predicted octanol–water partition coefficient (Wildman–Crippen LogP) is 3.81. The number of nitrogens with zero attached hydrogens (tertiary/aromatic N) is 2. The minimum absolute atomic E-state index is 0.0818. The van der Waals surface area contributed by atoms with Crippen molar-refractivity contribution in [2.45, 2.75) is 33.1 Å². The number of thioether (sulfide) groups is 1. The summed E-state index contributed by atoms with van der Waals surface area (Å²) in [6, 6.07) is 7.70. The molecule has 0 aliphatic carbocycles. The second-order valence-electron chi connectivity index (χ2n) is 5.86. The van der Waals surface area contributed by atoms with Crippen LogP contribution < -0.4 is 4.90 Å². The van der Waals surface area contributed by atoms with Gasteiger partial charge in [0.05, 0.1) is 16.2 Å². The Morgan fingerprint density at radius 1 is 1.00 bits per heavy atom.